The second kappa shape index (κ2) is 13.5. The third-order valence-corrected chi connectivity index (χ3v) is 8.70. The Hall–Kier alpha value is -2.57. The Morgan fingerprint density at radius 1 is 1.13 bits per heavy atom. The third-order valence-electron chi connectivity index (χ3n) is 5.64. The van der Waals surface area contributed by atoms with Crippen LogP contribution in [0.25, 0.3) is 10.1 Å². The van der Waals surface area contributed by atoms with Gasteiger partial charge in [0.1, 0.15) is 16.8 Å². The van der Waals surface area contributed by atoms with Crippen LogP contribution < -0.4 is 15.4 Å². The van der Waals surface area contributed by atoms with Crippen LogP contribution in [0.4, 0.5) is 4.39 Å². The van der Waals surface area contributed by atoms with Crippen LogP contribution in [-0.2, 0) is 26.0 Å². The Labute approximate surface area is 230 Å². The summed E-state index contributed by atoms with van der Waals surface area (Å²) < 4.78 is 41.3. The van der Waals surface area contributed by atoms with Gasteiger partial charge in [-0.15, -0.1) is 11.3 Å². The van der Waals surface area contributed by atoms with Crippen LogP contribution in [0, 0.1) is 11.7 Å². The average molecular weight is 584 g/mol. The van der Waals surface area contributed by atoms with E-state index in [1.165, 1.54) is 11.3 Å². The number of amides is 2. The zero-order chi connectivity index (χ0) is 27.9. The lowest BCUT2D eigenvalue weighted by atomic mass is 10.0. The Morgan fingerprint density at radius 3 is 2.55 bits per heavy atom. The molecule has 0 saturated heterocycles. The van der Waals surface area contributed by atoms with Gasteiger partial charge in [0.2, 0.25) is 21.8 Å². The molecule has 2 atom stereocenters. The van der Waals surface area contributed by atoms with Gasteiger partial charge in [-0.2, -0.15) is 0 Å². The Bertz CT molecular complexity index is 1350. The second-order valence-electron chi connectivity index (χ2n) is 9.34. The number of hydrogen-bond acceptors (Lipinski definition) is 6. The first-order chi connectivity index (χ1) is 17.9. The molecule has 4 N–H and O–H groups in total. The number of nitrogens with one attached hydrogen (secondary N) is 3. The van der Waals surface area contributed by atoms with E-state index in [-0.39, 0.29) is 47.7 Å². The normalized spacial score (nSPS) is 13.4. The van der Waals surface area contributed by atoms with Crippen LogP contribution in [0.2, 0.25) is 5.02 Å². The Morgan fingerprint density at radius 2 is 1.87 bits per heavy atom. The highest BCUT2D eigenvalue weighted by Gasteiger charge is 2.23. The summed E-state index contributed by atoms with van der Waals surface area (Å²) in [6.07, 6.45) is -0.467. The maximum absolute atomic E-state index is 13.2. The van der Waals surface area contributed by atoms with Crippen molar-refractivity contribution in [3.05, 3.63) is 64.2 Å². The summed E-state index contributed by atoms with van der Waals surface area (Å²) in [6, 6.07) is 12.0. The number of fused-ring (bicyclic) bond motifs is 1. The lowest BCUT2D eigenvalue weighted by Gasteiger charge is -2.21. The summed E-state index contributed by atoms with van der Waals surface area (Å²) in [5.41, 5.74) is 0. The van der Waals surface area contributed by atoms with Crippen molar-refractivity contribution in [1.29, 1.82) is 0 Å². The highest BCUT2D eigenvalue weighted by molar-refractivity contribution is 7.89. The molecular weight excluding hydrogens is 553 g/mol. The summed E-state index contributed by atoms with van der Waals surface area (Å²) in [7, 11) is -4.00. The standard InChI is InChI=1S/C26H31ClFN3O5S2/c1-16(2)11-22(31-25(33)14-20-12-17-5-3-4-6-23(17)37-20)26(34)29-15-19(32)9-10-30-38(35,36)24-8-7-18(28)13-21(24)27/h3-8,12-13,16,19,22,30,32H,9-11,14-15H2,1-2H3,(H,29,34)(H,31,33)/t19-,22+/m1/s1. The molecule has 1 aromatic heterocycles. The molecule has 3 aromatic rings. The van der Waals surface area contributed by atoms with E-state index in [2.05, 4.69) is 15.4 Å². The molecule has 38 heavy (non-hydrogen) atoms. The summed E-state index contributed by atoms with van der Waals surface area (Å²) in [6.45, 7) is 3.62. The smallest absolute Gasteiger partial charge is 0.242 e. The average Bonchev–Trinajstić information content (AvgIpc) is 3.23. The van der Waals surface area contributed by atoms with Crippen molar-refractivity contribution in [3.63, 3.8) is 0 Å². The SMILES string of the molecule is CC(C)C[C@H](NC(=O)Cc1cc2ccccc2s1)C(=O)NC[C@H](O)CCNS(=O)(=O)c1ccc(F)cc1Cl. The lowest BCUT2D eigenvalue weighted by Crippen LogP contribution is -2.49. The number of thiophene rings is 1. The van der Waals surface area contributed by atoms with Gasteiger partial charge < -0.3 is 15.7 Å². The molecule has 0 fully saturated rings. The highest BCUT2D eigenvalue weighted by atomic mass is 35.5. The van der Waals surface area contributed by atoms with Gasteiger partial charge in [-0.05, 0) is 54.5 Å². The van der Waals surface area contributed by atoms with Crippen LogP contribution >= 0.6 is 22.9 Å². The fourth-order valence-corrected chi connectivity index (χ4v) is 6.44. The van der Waals surface area contributed by atoms with Gasteiger partial charge in [-0.1, -0.05) is 43.6 Å². The van der Waals surface area contributed by atoms with E-state index in [1.54, 1.807) is 0 Å². The number of rotatable bonds is 13. The van der Waals surface area contributed by atoms with Gasteiger partial charge in [-0.25, -0.2) is 17.5 Å². The molecule has 0 unspecified atom stereocenters. The first kappa shape index (κ1) is 30.0. The molecule has 2 amide bonds. The van der Waals surface area contributed by atoms with Crippen molar-refractivity contribution >= 4 is 54.9 Å². The topological polar surface area (TPSA) is 125 Å². The fraction of sp³-hybridized carbons (Fsp3) is 0.385. The quantitative estimate of drug-likeness (QED) is 0.245. The zero-order valence-corrected chi connectivity index (χ0v) is 23.4. The van der Waals surface area contributed by atoms with Crippen LogP contribution in [0.15, 0.2) is 53.4 Å². The molecule has 0 spiro atoms. The van der Waals surface area contributed by atoms with Crippen molar-refractivity contribution in [2.75, 3.05) is 13.1 Å². The molecular formula is C26H31ClFN3O5S2. The second-order valence-corrected chi connectivity index (χ2v) is 12.6. The number of halogens is 2. The van der Waals surface area contributed by atoms with E-state index in [0.29, 0.717) is 6.42 Å². The summed E-state index contributed by atoms with van der Waals surface area (Å²) >= 11 is 7.35. The molecule has 1 heterocycles. The van der Waals surface area contributed by atoms with Crippen molar-refractivity contribution < 1.29 is 27.5 Å². The highest BCUT2D eigenvalue weighted by Crippen LogP contribution is 2.25. The van der Waals surface area contributed by atoms with Crippen molar-refractivity contribution in [3.8, 4) is 0 Å². The predicted octanol–water partition coefficient (Wildman–Crippen LogP) is 3.61. The largest absolute Gasteiger partial charge is 0.391 e. The Kier molecular flexibility index (Phi) is 10.6. The van der Waals surface area contributed by atoms with E-state index >= 15 is 0 Å². The van der Waals surface area contributed by atoms with Gasteiger partial charge >= 0.3 is 0 Å². The molecule has 0 bridgehead atoms. The number of benzene rings is 2. The molecule has 0 aliphatic carbocycles. The minimum atomic E-state index is -4.00. The molecule has 2 aromatic carbocycles. The Balaban J connectivity index is 1.48. The molecule has 206 valence electrons. The van der Waals surface area contributed by atoms with E-state index in [0.717, 1.165) is 33.2 Å². The van der Waals surface area contributed by atoms with Crippen molar-refractivity contribution in [2.45, 2.75) is 50.2 Å². The summed E-state index contributed by atoms with van der Waals surface area (Å²) in [5.74, 6) is -1.23. The van der Waals surface area contributed by atoms with E-state index < -0.39 is 33.9 Å². The van der Waals surface area contributed by atoms with E-state index in [1.807, 2.05) is 44.2 Å². The van der Waals surface area contributed by atoms with Crippen LogP contribution in [-0.4, -0.2) is 50.6 Å². The zero-order valence-electron chi connectivity index (χ0n) is 21.0. The van der Waals surface area contributed by atoms with Crippen LogP contribution in [0.3, 0.4) is 0 Å². The monoisotopic (exact) mass is 583 g/mol. The molecule has 0 aliphatic heterocycles. The van der Waals surface area contributed by atoms with Crippen molar-refractivity contribution in [2.24, 2.45) is 5.92 Å². The van der Waals surface area contributed by atoms with Crippen LogP contribution in [0.1, 0.15) is 31.6 Å². The number of hydrogen-bond donors (Lipinski definition) is 4. The number of carbonyl (C=O) groups is 2. The maximum atomic E-state index is 13.2. The fourth-order valence-electron chi connectivity index (χ4n) is 3.80. The minimum absolute atomic E-state index is 0.00542. The van der Waals surface area contributed by atoms with Crippen LogP contribution in [0.5, 0.6) is 0 Å². The van der Waals surface area contributed by atoms with Gasteiger partial charge in [0.05, 0.1) is 17.5 Å². The molecule has 0 radical (unpaired) electrons. The van der Waals surface area contributed by atoms with Gasteiger partial charge in [0.15, 0.2) is 0 Å². The predicted molar refractivity (Wildman–Crippen MR) is 147 cm³/mol. The first-order valence-electron chi connectivity index (χ1n) is 12.1. The maximum Gasteiger partial charge on any atom is 0.242 e. The summed E-state index contributed by atoms with van der Waals surface area (Å²) in [5, 5.41) is 16.5. The first-order valence-corrected chi connectivity index (χ1v) is 14.8. The lowest BCUT2D eigenvalue weighted by molar-refractivity contribution is -0.129. The number of aliphatic hydroxyl groups is 1. The third kappa shape index (κ3) is 8.74. The molecule has 3 rings (SSSR count). The molecule has 8 nitrogen and oxygen atoms in total. The van der Waals surface area contributed by atoms with E-state index in [4.69, 9.17) is 11.6 Å². The number of aliphatic hydroxyl groups excluding tert-OH is 1. The van der Waals surface area contributed by atoms with Crippen molar-refractivity contribution in [1.82, 2.24) is 15.4 Å². The molecule has 12 heteroatoms. The minimum Gasteiger partial charge on any atom is -0.391 e. The van der Waals surface area contributed by atoms with Gasteiger partial charge in [-0.3, -0.25) is 9.59 Å². The van der Waals surface area contributed by atoms with E-state index in [9.17, 15) is 27.5 Å². The van der Waals surface area contributed by atoms with Gasteiger partial charge in [0.25, 0.3) is 0 Å². The number of sulfonamides is 1. The molecule has 0 saturated carbocycles. The summed E-state index contributed by atoms with van der Waals surface area (Å²) in [4.78, 5) is 26.1. The number of carbonyl (C=O) groups excluding carboxylic acids is 2. The molecule has 0 aliphatic rings. The van der Waals surface area contributed by atoms with Gasteiger partial charge in [0, 0.05) is 22.7 Å².